The second kappa shape index (κ2) is 6.45. The van der Waals surface area contributed by atoms with Gasteiger partial charge in [0.1, 0.15) is 0 Å². The zero-order chi connectivity index (χ0) is 11.1. The van der Waals surface area contributed by atoms with Gasteiger partial charge in [0, 0.05) is 0 Å². The summed E-state index contributed by atoms with van der Waals surface area (Å²) in [6.07, 6.45) is 8.57. The van der Waals surface area contributed by atoms with Gasteiger partial charge in [-0.25, -0.2) is 0 Å². The van der Waals surface area contributed by atoms with Crippen molar-refractivity contribution < 1.29 is 17.3 Å². The van der Waals surface area contributed by atoms with Crippen LogP contribution in [0.15, 0.2) is 0 Å². The molecule has 15 heavy (non-hydrogen) atoms. The first kappa shape index (κ1) is 12.9. The molecule has 1 fully saturated rings. The Morgan fingerprint density at radius 3 is 2.20 bits per heavy atom. The second-order valence-electron chi connectivity index (χ2n) is 4.01. The highest BCUT2D eigenvalue weighted by Crippen LogP contribution is 2.19. The Hall–Kier alpha value is -0.130. The summed E-state index contributed by atoms with van der Waals surface area (Å²) in [7, 11) is -3.31. The van der Waals surface area contributed by atoms with Gasteiger partial charge in [-0.05, 0) is 12.8 Å². The van der Waals surface area contributed by atoms with E-state index in [0.29, 0.717) is 12.7 Å². The fraction of sp³-hybridized carbons (Fsp3) is 1.00. The molecule has 0 bridgehead atoms. The lowest BCUT2D eigenvalue weighted by Gasteiger charge is -2.14. The van der Waals surface area contributed by atoms with E-state index in [2.05, 4.69) is 4.18 Å². The highest BCUT2D eigenvalue weighted by atomic mass is 32.2. The van der Waals surface area contributed by atoms with Crippen LogP contribution in [0.5, 0.6) is 0 Å². The molecule has 0 N–H and O–H groups in total. The normalized spacial score (nSPS) is 20.1. The molecule has 0 atom stereocenters. The van der Waals surface area contributed by atoms with Crippen LogP contribution in [0.4, 0.5) is 0 Å². The quantitative estimate of drug-likeness (QED) is 0.414. The van der Waals surface area contributed by atoms with Crippen molar-refractivity contribution >= 4 is 10.1 Å². The molecule has 0 heterocycles. The van der Waals surface area contributed by atoms with E-state index in [1.807, 2.05) is 0 Å². The highest BCUT2D eigenvalue weighted by Gasteiger charge is 2.12. The Kier molecular flexibility index (Phi) is 5.56. The van der Waals surface area contributed by atoms with Crippen molar-refractivity contribution in [3.05, 3.63) is 0 Å². The van der Waals surface area contributed by atoms with Crippen LogP contribution in [0.1, 0.15) is 38.5 Å². The number of ether oxygens (including phenoxy) is 1. The molecule has 0 saturated heterocycles. The van der Waals surface area contributed by atoms with Gasteiger partial charge in [0.15, 0.2) is 0 Å². The lowest BCUT2D eigenvalue weighted by molar-refractivity contribution is 0.0266. The molecule has 1 aliphatic rings. The third-order valence-electron chi connectivity index (χ3n) is 2.54. The molecule has 0 aromatic heterocycles. The summed E-state index contributed by atoms with van der Waals surface area (Å²) in [6, 6.07) is 0. The standard InChI is InChI=1S/C10H20O4S/c1-15(11,12)14-9-8-13-10-6-4-2-3-5-7-10/h10H,2-9H2,1H3. The Morgan fingerprint density at radius 1 is 1.07 bits per heavy atom. The molecule has 0 aromatic carbocycles. The monoisotopic (exact) mass is 236 g/mol. The van der Waals surface area contributed by atoms with E-state index in [9.17, 15) is 8.42 Å². The van der Waals surface area contributed by atoms with Crippen LogP contribution in [0.3, 0.4) is 0 Å². The average Bonchev–Trinajstić information content (AvgIpc) is 2.39. The van der Waals surface area contributed by atoms with E-state index < -0.39 is 10.1 Å². The smallest absolute Gasteiger partial charge is 0.264 e. The van der Waals surface area contributed by atoms with Gasteiger partial charge in [-0.1, -0.05) is 25.7 Å². The van der Waals surface area contributed by atoms with Crippen LogP contribution in [0, 0.1) is 0 Å². The van der Waals surface area contributed by atoms with Gasteiger partial charge in [0.25, 0.3) is 10.1 Å². The van der Waals surface area contributed by atoms with Crippen molar-refractivity contribution in [1.82, 2.24) is 0 Å². The molecule has 0 aromatic rings. The van der Waals surface area contributed by atoms with Gasteiger partial charge in [-0.3, -0.25) is 4.18 Å². The molecule has 0 aliphatic heterocycles. The minimum absolute atomic E-state index is 0.134. The third kappa shape index (κ3) is 6.87. The van der Waals surface area contributed by atoms with Gasteiger partial charge in [-0.2, -0.15) is 8.42 Å². The highest BCUT2D eigenvalue weighted by molar-refractivity contribution is 7.85. The molecular weight excluding hydrogens is 216 g/mol. The van der Waals surface area contributed by atoms with Crippen molar-refractivity contribution in [2.24, 2.45) is 0 Å². The summed E-state index contributed by atoms with van der Waals surface area (Å²) >= 11 is 0. The van der Waals surface area contributed by atoms with Gasteiger partial charge >= 0.3 is 0 Å². The summed E-state index contributed by atoms with van der Waals surface area (Å²) < 4.78 is 31.5. The van der Waals surface area contributed by atoms with Crippen LogP contribution < -0.4 is 0 Å². The molecule has 5 heteroatoms. The van der Waals surface area contributed by atoms with E-state index in [-0.39, 0.29) is 6.61 Å². The van der Waals surface area contributed by atoms with Gasteiger partial charge in [0.05, 0.1) is 25.6 Å². The maximum absolute atomic E-state index is 10.7. The number of hydrogen-bond acceptors (Lipinski definition) is 4. The summed E-state index contributed by atoms with van der Waals surface area (Å²) in [5.41, 5.74) is 0. The third-order valence-corrected chi connectivity index (χ3v) is 3.13. The molecule has 0 radical (unpaired) electrons. The number of rotatable bonds is 5. The molecule has 90 valence electrons. The maximum Gasteiger partial charge on any atom is 0.264 e. The van der Waals surface area contributed by atoms with Crippen LogP contribution in [0.25, 0.3) is 0 Å². The molecule has 1 rings (SSSR count). The summed E-state index contributed by atoms with van der Waals surface area (Å²) in [4.78, 5) is 0. The number of hydrogen-bond donors (Lipinski definition) is 0. The predicted octanol–water partition coefficient (Wildman–Crippen LogP) is 1.70. The van der Waals surface area contributed by atoms with Crippen molar-refractivity contribution in [2.45, 2.75) is 44.6 Å². The van der Waals surface area contributed by atoms with E-state index in [4.69, 9.17) is 4.74 Å². The summed E-state index contributed by atoms with van der Waals surface area (Å²) in [5, 5.41) is 0. The van der Waals surface area contributed by atoms with E-state index in [0.717, 1.165) is 19.1 Å². The molecular formula is C10H20O4S. The SMILES string of the molecule is CS(=O)(=O)OCCOC1CCCCCC1. The largest absolute Gasteiger partial charge is 0.376 e. The molecule has 1 aliphatic carbocycles. The summed E-state index contributed by atoms with van der Waals surface area (Å²) in [5.74, 6) is 0. The predicted molar refractivity (Wildman–Crippen MR) is 58.2 cm³/mol. The first-order chi connectivity index (χ1) is 7.08. The van der Waals surface area contributed by atoms with Gasteiger partial charge in [0.2, 0.25) is 0 Å². The Balaban J connectivity index is 2.08. The van der Waals surface area contributed by atoms with Crippen LogP contribution in [-0.2, 0) is 19.0 Å². The fourth-order valence-electron chi connectivity index (χ4n) is 1.81. The molecule has 0 spiro atoms. The van der Waals surface area contributed by atoms with Gasteiger partial charge in [-0.15, -0.1) is 0 Å². The van der Waals surface area contributed by atoms with E-state index in [1.165, 1.54) is 25.7 Å². The zero-order valence-corrected chi connectivity index (χ0v) is 10.1. The van der Waals surface area contributed by atoms with Crippen LogP contribution in [-0.4, -0.2) is 34.0 Å². The first-order valence-corrected chi connectivity index (χ1v) is 7.35. The summed E-state index contributed by atoms with van der Waals surface area (Å²) in [6.45, 7) is 0.507. The van der Waals surface area contributed by atoms with E-state index >= 15 is 0 Å². The van der Waals surface area contributed by atoms with E-state index in [1.54, 1.807) is 0 Å². The van der Waals surface area contributed by atoms with Crippen molar-refractivity contribution in [2.75, 3.05) is 19.5 Å². The second-order valence-corrected chi connectivity index (χ2v) is 5.65. The maximum atomic E-state index is 10.7. The molecule has 1 saturated carbocycles. The Morgan fingerprint density at radius 2 is 1.67 bits per heavy atom. The Bertz CT molecular complexity index is 253. The first-order valence-electron chi connectivity index (χ1n) is 5.54. The van der Waals surface area contributed by atoms with Crippen molar-refractivity contribution in [3.8, 4) is 0 Å². The fourth-order valence-corrected chi connectivity index (χ4v) is 2.18. The molecule has 0 unspecified atom stereocenters. The van der Waals surface area contributed by atoms with Gasteiger partial charge < -0.3 is 4.74 Å². The minimum Gasteiger partial charge on any atom is -0.376 e. The van der Waals surface area contributed by atoms with Crippen molar-refractivity contribution in [3.63, 3.8) is 0 Å². The van der Waals surface area contributed by atoms with Crippen LogP contribution >= 0.6 is 0 Å². The van der Waals surface area contributed by atoms with Crippen molar-refractivity contribution in [1.29, 1.82) is 0 Å². The minimum atomic E-state index is -3.31. The average molecular weight is 236 g/mol. The lowest BCUT2D eigenvalue weighted by atomic mass is 10.1. The lowest BCUT2D eigenvalue weighted by Crippen LogP contribution is -2.16. The zero-order valence-electron chi connectivity index (χ0n) is 9.28. The molecule has 0 amide bonds. The topological polar surface area (TPSA) is 52.6 Å². The Labute approximate surface area is 92.1 Å². The molecule has 4 nitrogen and oxygen atoms in total. The van der Waals surface area contributed by atoms with Crippen LogP contribution in [0.2, 0.25) is 0 Å².